The van der Waals surface area contributed by atoms with Gasteiger partial charge in [-0.3, -0.25) is 4.79 Å². The summed E-state index contributed by atoms with van der Waals surface area (Å²) in [6.07, 6.45) is 4.28. The SMILES string of the molecule is C=C1c2cc(C=O)ccc2NC(c2ccc(OCC)cc2)C1CCCC. The van der Waals surface area contributed by atoms with Gasteiger partial charge < -0.3 is 10.1 Å². The van der Waals surface area contributed by atoms with E-state index in [9.17, 15) is 4.79 Å². The molecule has 1 aliphatic heterocycles. The Balaban J connectivity index is 1.96. The first-order chi connectivity index (χ1) is 12.7. The molecule has 1 heterocycles. The number of unbranched alkanes of at least 4 members (excludes halogenated alkanes) is 1. The van der Waals surface area contributed by atoms with Crippen LogP contribution in [0.3, 0.4) is 0 Å². The van der Waals surface area contributed by atoms with Crippen LogP contribution in [0.4, 0.5) is 5.69 Å². The zero-order chi connectivity index (χ0) is 18.5. The van der Waals surface area contributed by atoms with Crippen LogP contribution in [-0.4, -0.2) is 12.9 Å². The van der Waals surface area contributed by atoms with Gasteiger partial charge in [0.1, 0.15) is 12.0 Å². The Morgan fingerprint density at radius 3 is 2.58 bits per heavy atom. The molecule has 0 aromatic heterocycles. The number of anilines is 1. The number of ether oxygens (including phenoxy) is 1. The van der Waals surface area contributed by atoms with E-state index in [0.29, 0.717) is 18.1 Å². The van der Waals surface area contributed by atoms with Gasteiger partial charge in [0.2, 0.25) is 0 Å². The van der Waals surface area contributed by atoms with E-state index in [1.807, 2.05) is 37.3 Å². The molecule has 0 saturated heterocycles. The number of carbonyl (C=O) groups excluding carboxylic acids is 1. The van der Waals surface area contributed by atoms with E-state index in [1.165, 1.54) is 5.56 Å². The summed E-state index contributed by atoms with van der Waals surface area (Å²) < 4.78 is 5.57. The Kier molecular flexibility index (Phi) is 5.77. The second-order valence-electron chi connectivity index (χ2n) is 6.82. The summed E-state index contributed by atoms with van der Waals surface area (Å²) in [5.74, 6) is 1.20. The number of fused-ring (bicyclic) bond motifs is 1. The number of rotatable bonds is 7. The average Bonchev–Trinajstić information content (AvgIpc) is 2.68. The summed E-state index contributed by atoms with van der Waals surface area (Å²) in [5, 5.41) is 3.69. The van der Waals surface area contributed by atoms with E-state index >= 15 is 0 Å². The van der Waals surface area contributed by atoms with E-state index in [1.54, 1.807) is 0 Å². The van der Waals surface area contributed by atoms with Gasteiger partial charge in [0.25, 0.3) is 0 Å². The molecule has 0 aliphatic carbocycles. The summed E-state index contributed by atoms with van der Waals surface area (Å²) >= 11 is 0. The highest BCUT2D eigenvalue weighted by Gasteiger charge is 2.31. The van der Waals surface area contributed by atoms with Gasteiger partial charge in [0.05, 0.1) is 12.6 Å². The summed E-state index contributed by atoms with van der Waals surface area (Å²) in [5.41, 5.74) is 5.17. The smallest absolute Gasteiger partial charge is 0.150 e. The van der Waals surface area contributed by atoms with Gasteiger partial charge in [-0.1, -0.05) is 38.5 Å². The number of aldehydes is 1. The highest BCUT2D eigenvalue weighted by Crippen LogP contribution is 2.45. The maximum atomic E-state index is 11.2. The number of nitrogens with one attached hydrogen (secondary N) is 1. The lowest BCUT2D eigenvalue weighted by Crippen LogP contribution is -2.27. The third kappa shape index (κ3) is 3.67. The first-order valence-electron chi connectivity index (χ1n) is 9.45. The molecule has 0 spiro atoms. The maximum absolute atomic E-state index is 11.2. The molecule has 0 fully saturated rings. The first kappa shape index (κ1) is 18.2. The van der Waals surface area contributed by atoms with Gasteiger partial charge in [-0.15, -0.1) is 0 Å². The molecule has 2 unspecified atom stereocenters. The lowest BCUT2D eigenvalue weighted by molar-refractivity contribution is 0.112. The molecule has 136 valence electrons. The Hall–Kier alpha value is -2.55. The Labute approximate surface area is 156 Å². The second kappa shape index (κ2) is 8.22. The van der Waals surface area contributed by atoms with Crippen LogP contribution >= 0.6 is 0 Å². The van der Waals surface area contributed by atoms with Crippen LogP contribution in [0, 0.1) is 5.92 Å². The van der Waals surface area contributed by atoms with Crippen molar-refractivity contribution in [1.82, 2.24) is 0 Å². The highest BCUT2D eigenvalue weighted by molar-refractivity contribution is 5.85. The van der Waals surface area contributed by atoms with E-state index in [-0.39, 0.29) is 6.04 Å². The molecule has 3 nitrogen and oxygen atoms in total. The van der Waals surface area contributed by atoms with Crippen molar-refractivity contribution in [2.24, 2.45) is 5.92 Å². The third-order valence-electron chi connectivity index (χ3n) is 5.11. The lowest BCUT2D eigenvalue weighted by atomic mass is 9.77. The molecule has 3 rings (SSSR count). The minimum atomic E-state index is 0.180. The summed E-state index contributed by atoms with van der Waals surface area (Å²) in [6, 6.07) is 14.3. The third-order valence-corrected chi connectivity index (χ3v) is 5.11. The van der Waals surface area contributed by atoms with Crippen molar-refractivity contribution >= 4 is 17.5 Å². The van der Waals surface area contributed by atoms with Gasteiger partial charge in [0, 0.05) is 22.7 Å². The molecule has 2 aromatic rings. The number of hydrogen-bond donors (Lipinski definition) is 1. The fourth-order valence-electron chi connectivity index (χ4n) is 3.71. The normalized spacial score (nSPS) is 18.8. The molecule has 0 bridgehead atoms. The van der Waals surface area contributed by atoms with Gasteiger partial charge in [-0.25, -0.2) is 0 Å². The lowest BCUT2D eigenvalue weighted by Gasteiger charge is -2.37. The van der Waals surface area contributed by atoms with Crippen molar-refractivity contribution in [3.63, 3.8) is 0 Å². The monoisotopic (exact) mass is 349 g/mol. The van der Waals surface area contributed by atoms with Crippen molar-refractivity contribution in [2.45, 2.75) is 39.2 Å². The van der Waals surface area contributed by atoms with Gasteiger partial charge >= 0.3 is 0 Å². The van der Waals surface area contributed by atoms with Gasteiger partial charge in [-0.2, -0.15) is 0 Å². The van der Waals surface area contributed by atoms with E-state index in [0.717, 1.165) is 48.1 Å². The molecule has 0 amide bonds. The van der Waals surface area contributed by atoms with E-state index in [2.05, 4.69) is 31.0 Å². The summed E-state index contributed by atoms with van der Waals surface area (Å²) in [4.78, 5) is 11.2. The predicted molar refractivity (Wildman–Crippen MR) is 108 cm³/mol. The molecular formula is C23H27NO2. The second-order valence-corrected chi connectivity index (χ2v) is 6.82. The van der Waals surface area contributed by atoms with E-state index in [4.69, 9.17) is 4.74 Å². The van der Waals surface area contributed by atoms with E-state index < -0.39 is 0 Å². The molecule has 26 heavy (non-hydrogen) atoms. The van der Waals surface area contributed by atoms with Crippen LogP contribution in [0.1, 0.15) is 60.6 Å². The number of hydrogen-bond acceptors (Lipinski definition) is 3. The van der Waals surface area contributed by atoms with Crippen LogP contribution in [-0.2, 0) is 0 Å². The molecule has 2 atom stereocenters. The Bertz CT molecular complexity index is 779. The Morgan fingerprint density at radius 1 is 1.15 bits per heavy atom. The van der Waals surface area contributed by atoms with Crippen LogP contribution in [0.15, 0.2) is 49.0 Å². The molecule has 1 aliphatic rings. The van der Waals surface area contributed by atoms with Gasteiger partial charge in [-0.05, 0) is 54.8 Å². The average molecular weight is 349 g/mol. The molecule has 0 saturated carbocycles. The Morgan fingerprint density at radius 2 is 1.92 bits per heavy atom. The quantitative estimate of drug-likeness (QED) is 0.634. The first-order valence-corrected chi connectivity index (χ1v) is 9.45. The zero-order valence-electron chi connectivity index (χ0n) is 15.6. The van der Waals surface area contributed by atoms with Crippen LogP contribution in [0.5, 0.6) is 5.75 Å². The van der Waals surface area contributed by atoms with Crippen molar-refractivity contribution in [2.75, 3.05) is 11.9 Å². The maximum Gasteiger partial charge on any atom is 0.150 e. The zero-order valence-corrected chi connectivity index (χ0v) is 15.6. The molecule has 2 aromatic carbocycles. The number of benzene rings is 2. The van der Waals surface area contributed by atoms with Crippen molar-refractivity contribution in [3.8, 4) is 5.75 Å². The van der Waals surface area contributed by atoms with Crippen LogP contribution in [0.2, 0.25) is 0 Å². The highest BCUT2D eigenvalue weighted by atomic mass is 16.5. The molecule has 3 heteroatoms. The molecule has 1 N–H and O–H groups in total. The van der Waals surface area contributed by atoms with Crippen molar-refractivity contribution in [3.05, 3.63) is 65.7 Å². The fraction of sp³-hybridized carbons (Fsp3) is 0.348. The predicted octanol–water partition coefficient (Wildman–Crippen LogP) is 5.88. The standard InChI is InChI=1S/C23H27NO2/c1-4-6-7-20-16(3)21-14-17(15-25)8-13-22(21)24-23(20)18-9-11-19(12-10-18)26-5-2/h8-15,20,23-24H,3-7H2,1-2H3. The topological polar surface area (TPSA) is 38.3 Å². The molecular weight excluding hydrogens is 322 g/mol. The summed E-state index contributed by atoms with van der Waals surface area (Å²) in [7, 11) is 0. The van der Waals surface area contributed by atoms with Crippen LogP contribution < -0.4 is 10.1 Å². The van der Waals surface area contributed by atoms with Crippen molar-refractivity contribution in [1.29, 1.82) is 0 Å². The van der Waals surface area contributed by atoms with Gasteiger partial charge in [0.15, 0.2) is 0 Å². The van der Waals surface area contributed by atoms with Crippen molar-refractivity contribution < 1.29 is 9.53 Å². The minimum absolute atomic E-state index is 0.180. The number of carbonyl (C=O) groups is 1. The van der Waals surface area contributed by atoms with Crippen LogP contribution in [0.25, 0.3) is 5.57 Å². The largest absolute Gasteiger partial charge is 0.494 e. The summed E-state index contributed by atoms with van der Waals surface area (Å²) in [6.45, 7) is 9.28. The molecule has 0 radical (unpaired) electrons. The fourth-order valence-corrected chi connectivity index (χ4v) is 3.71. The minimum Gasteiger partial charge on any atom is -0.494 e.